The maximum absolute atomic E-state index is 12.6. The van der Waals surface area contributed by atoms with Crippen molar-refractivity contribution >= 4 is 28.3 Å². The smallest absolute Gasteiger partial charge is 0.263 e. The summed E-state index contributed by atoms with van der Waals surface area (Å²) in [7, 11) is 0. The van der Waals surface area contributed by atoms with E-state index in [1.54, 1.807) is 4.90 Å². The van der Waals surface area contributed by atoms with Crippen LogP contribution in [0.3, 0.4) is 0 Å². The number of thiazole rings is 1. The van der Waals surface area contributed by atoms with Gasteiger partial charge in [0.1, 0.15) is 4.88 Å². The number of hydrogen-bond donors (Lipinski definition) is 1. The lowest BCUT2D eigenvalue weighted by molar-refractivity contribution is -0.117. The predicted molar refractivity (Wildman–Crippen MR) is 115 cm³/mol. The van der Waals surface area contributed by atoms with Crippen molar-refractivity contribution < 1.29 is 9.59 Å². The summed E-state index contributed by atoms with van der Waals surface area (Å²) < 4.78 is 0. The molecule has 29 heavy (non-hydrogen) atoms. The van der Waals surface area contributed by atoms with E-state index in [1.807, 2.05) is 55.5 Å². The van der Waals surface area contributed by atoms with Crippen molar-refractivity contribution in [1.29, 1.82) is 0 Å². The van der Waals surface area contributed by atoms with Crippen LogP contribution in [0.25, 0.3) is 0 Å². The van der Waals surface area contributed by atoms with Gasteiger partial charge >= 0.3 is 0 Å². The standard InChI is InChI=1S/C23H23N3O2S/c1-16-21(22(28)24-14-18-10-6-3-7-11-18)29-23(25-16)26-15-19(13-20(26)27)12-17-8-4-2-5-9-17/h2-11,19H,12-15H2,1H3,(H,24,28)/t19-/m0/s1. The summed E-state index contributed by atoms with van der Waals surface area (Å²) in [5.41, 5.74) is 2.94. The van der Waals surface area contributed by atoms with Gasteiger partial charge in [-0.1, -0.05) is 72.0 Å². The van der Waals surface area contributed by atoms with Gasteiger partial charge in [-0.25, -0.2) is 4.98 Å². The Balaban J connectivity index is 1.41. The molecule has 0 bridgehead atoms. The first-order chi connectivity index (χ1) is 14.1. The molecule has 1 aliphatic rings. The number of aromatic nitrogens is 1. The molecule has 0 saturated carbocycles. The minimum atomic E-state index is -0.150. The lowest BCUT2D eigenvalue weighted by Crippen LogP contribution is -2.24. The van der Waals surface area contributed by atoms with Gasteiger partial charge in [0.25, 0.3) is 5.91 Å². The Labute approximate surface area is 174 Å². The molecule has 2 amide bonds. The van der Waals surface area contributed by atoms with Crippen LogP contribution in [0.15, 0.2) is 60.7 Å². The van der Waals surface area contributed by atoms with Gasteiger partial charge in [-0.3, -0.25) is 14.5 Å². The van der Waals surface area contributed by atoms with Gasteiger partial charge in [0.15, 0.2) is 5.13 Å². The highest BCUT2D eigenvalue weighted by Gasteiger charge is 2.33. The van der Waals surface area contributed by atoms with Crippen molar-refractivity contribution in [1.82, 2.24) is 10.3 Å². The summed E-state index contributed by atoms with van der Waals surface area (Å²) in [5, 5.41) is 3.56. The lowest BCUT2D eigenvalue weighted by Gasteiger charge is -2.13. The highest BCUT2D eigenvalue weighted by molar-refractivity contribution is 7.17. The van der Waals surface area contributed by atoms with Crippen LogP contribution in [-0.2, 0) is 17.8 Å². The van der Waals surface area contributed by atoms with E-state index in [1.165, 1.54) is 16.9 Å². The third-order valence-electron chi connectivity index (χ3n) is 5.09. The fraction of sp³-hybridized carbons (Fsp3) is 0.261. The molecule has 1 aromatic heterocycles. The normalized spacial score (nSPS) is 16.2. The minimum Gasteiger partial charge on any atom is -0.347 e. The average molecular weight is 406 g/mol. The maximum atomic E-state index is 12.6. The topological polar surface area (TPSA) is 62.3 Å². The summed E-state index contributed by atoms with van der Waals surface area (Å²) in [4.78, 5) is 32.0. The Hall–Kier alpha value is -2.99. The third-order valence-corrected chi connectivity index (χ3v) is 6.27. The summed E-state index contributed by atoms with van der Waals surface area (Å²) >= 11 is 1.29. The fourth-order valence-electron chi connectivity index (χ4n) is 3.62. The van der Waals surface area contributed by atoms with Gasteiger partial charge < -0.3 is 5.32 Å². The molecule has 1 fully saturated rings. The fourth-order valence-corrected chi connectivity index (χ4v) is 4.63. The molecule has 2 heterocycles. The first-order valence-electron chi connectivity index (χ1n) is 9.74. The second kappa shape index (κ2) is 8.57. The van der Waals surface area contributed by atoms with Crippen LogP contribution >= 0.6 is 11.3 Å². The molecule has 4 rings (SSSR count). The molecule has 5 nitrogen and oxygen atoms in total. The van der Waals surface area contributed by atoms with E-state index < -0.39 is 0 Å². The zero-order chi connectivity index (χ0) is 20.2. The van der Waals surface area contributed by atoms with E-state index in [0.29, 0.717) is 35.2 Å². The number of anilines is 1. The number of nitrogens with zero attached hydrogens (tertiary/aromatic N) is 2. The van der Waals surface area contributed by atoms with Crippen LogP contribution in [0.4, 0.5) is 5.13 Å². The van der Waals surface area contributed by atoms with Crippen LogP contribution in [-0.4, -0.2) is 23.3 Å². The van der Waals surface area contributed by atoms with E-state index >= 15 is 0 Å². The first-order valence-corrected chi connectivity index (χ1v) is 10.6. The number of rotatable bonds is 6. The highest BCUT2D eigenvalue weighted by atomic mass is 32.1. The Bertz CT molecular complexity index is 1000. The van der Waals surface area contributed by atoms with Crippen molar-refractivity contribution in [2.75, 3.05) is 11.4 Å². The van der Waals surface area contributed by atoms with Crippen LogP contribution in [0.5, 0.6) is 0 Å². The number of benzene rings is 2. The number of amides is 2. The van der Waals surface area contributed by atoms with Crippen molar-refractivity contribution in [3.63, 3.8) is 0 Å². The quantitative estimate of drug-likeness (QED) is 0.675. The maximum Gasteiger partial charge on any atom is 0.263 e. The van der Waals surface area contributed by atoms with Crippen LogP contribution < -0.4 is 10.2 Å². The van der Waals surface area contributed by atoms with E-state index in [-0.39, 0.29) is 17.7 Å². The summed E-state index contributed by atoms with van der Waals surface area (Å²) in [6, 6.07) is 20.0. The van der Waals surface area contributed by atoms with Crippen molar-refractivity contribution in [2.45, 2.75) is 26.3 Å². The molecule has 0 aliphatic carbocycles. The Morgan fingerprint density at radius 2 is 1.76 bits per heavy atom. The second-order valence-corrected chi connectivity index (χ2v) is 8.32. The van der Waals surface area contributed by atoms with Crippen molar-refractivity contribution in [2.24, 2.45) is 5.92 Å². The molecule has 0 unspecified atom stereocenters. The van der Waals surface area contributed by atoms with Crippen molar-refractivity contribution in [3.05, 3.63) is 82.4 Å². The zero-order valence-corrected chi connectivity index (χ0v) is 17.1. The summed E-state index contributed by atoms with van der Waals surface area (Å²) in [6.07, 6.45) is 1.39. The molecule has 1 saturated heterocycles. The van der Waals surface area contributed by atoms with Gasteiger partial charge in [0.05, 0.1) is 5.69 Å². The van der Waals surface area contributed by atoms with Crippen molar-refractivity contribution in [3.8, 4) is 0 Å². The van der Waals surface area contributed by atoms with E-state index in [4.69, 9.17) is 0 Å². The van der Waals surface area contributed by atoms with Crippen LogP contribution in [0, 0.1) is 12.8 Å². The second-order valence-electron chi connectivity index (χ2n) is 7.34. The Kier molecular flexibility index (Phi) is 5.71. The van der Waals surface area contributed by atoms with Gasteiger partial charge in [0.2, 0.25) is 5.91 Å². The Morgan fingerprint density at radius 1 is 1.10 bits per heavy atom. The van der Waals surface area contributed by atoms with E-state index in [0.717, 1.165) is 12.0 Å². The monoisotopic (exact) mass is 405 g/mol. The molecule has 148 valence electrons. The number of carbonyl (C=O) groups is 2. The molecule has 6 heteroatoms. The molecule has 0 spiro atoms. The largest absolute Gasteiger partial charge is 0.347 e. The molecule has 1 aliphatic heterocycles. The van der Waals surface area contributed by atoms with Gasteiger partial charge in [-0.05, 0) is 30.4 Å². The number of nitrogens with one attached hydrogen (secondary N) is 1. The van der Waals surface area contributed by atoms with Gasteiger partial charge in [-0.2, -0.15) is 0 Å². The molecule has 0 radical (unpaired) electrons. The molecular formula is C23H23N3O2S. The SMILES string of the molecule is Cc1nc(N2C[C@@H](Cc3ccccc3)CC2=O)sc1C(=O)NCc1ccccc1. The molecule has 2 aromatic carbocycles. The van der Waals surface area contributed by atoms with Crippen LogP contribution in [0.2, 0.25) is 0 Å². The molecular weight excluding hydrogens is 382 g/mol. The lowest BCUT2D eigenvalue weighted by atomic mass is 9.99. The molecule has 1 atom stereocenters. The third kappa shape index (κ3) is 4.54. The number of carbonyl (C=O) groups excluding carboxylic acids is 2. The minimum absolute atomic E-state index is 0.0796. The zero-order valence-electron chi connectivity index (χ0n) is 16.3. The molecule has 1 N–H and O–H groups in total. The first kappa shape index (κ1) is 19.3. The van der Waals surface area contributed by atoms with E-state index in [2.05, 4.69) is 22.4 Å². The predicted octanol–water partition coefficient (Wildman–Crippen LogP) is 3.98. The summed E-state index contributed by atoms with van der Waals surface area (Å²) in [6.45, 7) is 2.93. The molecule has 3 aromatic rings. The number of aryl methyl sites for hydroxylation is 1. The van der Waals surface area contributed by atoms with Crippen LogP contribution in [0.1, 0.15) is 32.9 Å². The van der Waals surface area contributed by atoms with Gasteiger partial charge in [-0.15, -0.1) is 0 Å². The number of hydrogen-bond acceptors (Lipinski definition) is 4. The van der Waals surface area contributed by atoms with Gasteiger partial charge in [0, 0.05) is 19.5 Å². The summed E-state index contributed by atoms with van der Waals surface area (Å²) in [5.74, 6) is 0.197. The average Bonchev–Trinajstić information content (AvgIpc) is 3.30. The van der Waals surface area contributed by atoms with E-state index in [9.17, 15) is 9.59 Å². The Morgan fingerprint density at radius 3 is 2.45 bits per heavy atom. The highest BCUT2D eigenvalue weighted by Crippen LogP contribution is 2.32.